The second kappa shape index (κ2) is 5.92. The van der Waals surface area contributed by atoms with Crippen LogP contribution < -0.4 is 5.32 Å². The number of hydrogen-bond donors (Lipinski definition) is 1. The highest BCUT2D eigenvalue weighted by molar-refractivity contribution is 4.93. The lowest BCUT2D eigenvalue weighted by molar-refractivity contribution is 0.0958. The Morgan fingerprint density at radius 1 is 1.06 bits per heavy atom. The van der Waals surface area contributed by atoms with Crippen LogP contribution in [-0.4, -0.2) is 37.6 Å². The monoisotopic (exact) mass is 250 g/mol. The third-order valence-electron chi connectivity index (χ3n) is 5.65. The Morgan fingerprint density at radius 3 is 2.72 bits per heavy atom. The van der Waals surface area contributed by atoms with E-state index in [-0.39, 0.29) is 0 Å². The summed E-state index contributed by atoms with van der Waals surface area (Å²) in [6.07, 6.45) is 13.3. The molecule has 1 aliphatic carbocycles. The SMILES string of the molecule is C1CCC(CCN2CCC[C@]3(CCNC3)C2)CC1. The van der Waals surface area contributed by atoms with Crippen LogP contribution in [0.4, 0.5) is 0 Å². The van der Waals surface area contributed by atoms with Crippen LogP contribution in [0.25, 0.3) is 0 Å². The van der Waals surface area contributed by atoms with Crippen molar-refractivity contribution in [3.63, 3.8) is 0 Å². The first-order valence-corrected chi connectivity index (χ1v) is 8.29. The molecule has 2 heteroatoms. The fourth-order valence-electron chi connectivity index (χ4n) is 4.49. The Hall–Kier alpha value is -0.0800. The molecule has 104 valence electrons. The first kappa shape index (κ1) is 12.9. The fraction of sp³-hybridized carbons (Fsp3) is 1.00. The Labute approximate surface area is 113 Å². The maximum absolute atomic E-state index is 3.58. The summed E-state index contributed by atoms with van der Waals surface area (Å²) in [6.45, 7) is 6.68. The summed E-state index contributed by atoms with van der Waals surface area (Å²) in [7, 11) is 0. The molecule has 0 amide bonds. The molecule has 0 aromatic rings. The Morgan fingerprint density at radius 2 is 1.94 bits per heavy atom. The molecule has 1 N–H and O–H groups in total. The summed E-state index contributed by atoms with van der Waals surface area (Å²) in [6, 6.07) is 0. The molecule has 2 nitrogen and oxygen atoms in total. The second-order valence-corrected chi connectivity index (χ2v) is 7.10. The molecule has 0 unspecified atom stereocenters. The third kappa shape index (κ3) is 3.08. The molecule has 0 aromatic heterocycles. The molecule has 1 saturated carbocycles. The molecule has 0 radical (unpaired) electrons. The molecule has 3 aliphatic rings. The van der Waals surface area contributed by atoms with E-state index < -0.39 is 0 Å². The zero-order valence-electron chi connectivity index (χ0n) is 11.9. The van der Waals surface area contributed by atoms with E-state index >= 15 is 0 Å². The van der Waals surface area contributed by atoms with Gasteiger partial charge in [-0.1, -0.05) is 32.1 Å². The Balaban J connectivity index is 1.44. The van der Waals surface area contributed by atoms with Crippen LogP contribution in [0, 0.1) is 11.3 Å². The molecule has 1 atom stereocenters. The van der Waals surface area contributed by atoms with Crippen molar-refractivity contribution in [2.45, 2.75) is 57.8 Å². The van der Waals surface area contributed by atoms with E-state index in [4.69, 9.17) is 0 Å². The molecule has 2 saturated heterocycles. The number of rotatable bonds is 3. The molecule has 3 rings (SSSR count). The van der Waals surface area contributed by atoms with Crippen LogP contribution in [0.15, 0.2) is 0 Å². The van der Waals surface area contributed by atoms with Crippen LogP contribution in [0.2, 0.25) is 0 Å². The van der Waals surface area contributed by atoms with Gasteiger partial charge in [0.25, 0.3) is 0 Å². The molecule has 18 heavy (non-hydrogen) atoms. The van der Waals surface area contributed by atoms with Crippen molar-refractivity contribution in [2.24, 2.45) is 11.3 Å². The van der Waals surface area contributed by atoms with Crippen molar-refractivity contribution in [1.82, 2.24) is 10.2 Å². The van der Waals surface area contributed by atoms with Gasteiger partial charge in [-0.05, 0) is 56.7 Å². The van der Waals surface area contributed by atoms with Gasteiger partial charge >= 0.3 is 0 Å². The van der Waals surface area contributed by atoms with Crippen LogP contribution in [0.3, 0.4) is 0 Å². The topological polar surface area (TPSA) is 15.3 Å². The molecule has 0 aromatic carbocycles. The molecule has 0 bridgehead atoms. The van der Waals surface area contributed by atoms with Crippen molar-refractivity contribution >= 4 is 0 Å². The zero-order valence-corrected chi connectivity index (χ0v) is 11.9. The van der Waals surface area contributed by atoms with Gasteiger partial charge in [-0.15, -0.1) is 0 Å². The second-order valence-electron chi connectivity index (χ2n) is 7.10. The fourth-order valence-corrected chi connectivity index (χ4v) is 4.49. The van der Waals surface area contributed by atoms with Crippen molar-refractivity contribution in [3.05, 3.63) is 0 Å². The van der Waals surface area contributed by atoms with Crippen molar-refractivity contribution in [2.75, 3.05) is 32.7 Å². The minimum atomic E-state index is 0.658. The molecule has 3 fully saturated rings. The van der Waals surface area contributed by atoms with Gasteiger partial charge in [0.15, 0.2) is 0 Å². The van der Waals surface area contributed by atoms with E-state index in [2.05, 4.69) is 10.2 Å². The molecule has 2 aliphatic heterocycles. The van der Waals surface area contributed by atoms with Gasteiger partial charge in [-0.2, -0.15) is 0 Å². The predicted octanol–water partition coefficient (Wildman–Crippen LogP) is 3.03. The standard InChI is InChI=1S/C16H30N2/c1-2-5-15(6-3-1)7-12-18-11-4-8-16(14-18)9-10-17-13-16/h15,17H,1-14H2/t16-/m1/s1. The normalized spacial score (nSPS) is 35.3. The number of piperidine rings is 1. The van der Waals surface area contributed by atoms with E-state index in [1.165, 1.54) is 90.5 Å². The average Bonchev–Trinajstić information content (AvgIpc) is 2.86. The quantitative estimate of drug-likeness (QED) is 0.828. The van der Waals surface area contributed by atoms with E-state index in [9.17, 15) is 0 Å². The predicted molar refractivity (Wildman–Crippen MR) is 76.8 cm³/mol. The average molecular weight is 250 g/mol. The minimum absolute atomic E-state index is 0.658. The highest BCUT2D eigenvalue weighted by Gasteiger charge is 2.37. The van der Waals surface area contributed by atoms with Crippen LogP contribution in [0.1, 0.15) is 57.8 Å². The maximum atomic E-state index is 3.58. The van der Waals surface area contributed by atoms with Crippen molar-refractivity contribution < 1.29 is 0 Å². The molecule has 1 spiro atoms. The lowest BCUT2D eigenvalue weighted by atomic mass is 9.79. The van der Waals surface area contributed by atoms with Gasteiger partial charge in [0.1, 0.15) is 0 Å². The maximum Gasteiger partial charge on any atom is 0.00506 e. The van der Waals surface area contributed by atoms with E-state index in [1.54, 1.807) is 0 Å². The molecule has 2 heterocycles. The summed E-state index contributed by atoms with van der Waals surface area (Å²) < 4.78 is 0. The van der Waals surface area contributed by atoms with Gasteiger partial charge in [0, 0.05) is 13.1 Å². The lowest BCUT2D eigenvalue weighted by Gasteiger charge is -2.40. The first-order chi connectivity index (χ1) is 8.86. The van der Waals surface area contributed by atoms with Crippen LogP contribution in [-0.2, 0) is 0 Å². The summed E-state index contributed by atoms with van der Waals surface area (Å²) in [5.74, 6) is 1.05. The first-order valence-electron chi connectivity index (χ1n) is 8.29. The minimum Gasteiger partial charge on any atom is -0.316 e. The van der Waals surface area contributed by atoms with E-state index in [0.29, 0.717) is 5.41 Å². The number of likely N-dealkylation sites (tertiary alicyclic amines) is 1. The Bertz CT molecular complexity index is 252. The largest absolute Gasteiger partial charge is 0.316 e. The number of hydrogen-bond acceptors (Lipinski definition) is 2. The zero-order chi connectivity index (χ0) is 12.3. The summed E-state index contributed by atoms with van der Waals surface area (Å²) in [5.41, 5.74) is 0.658. The summed E-state index contributed by atoms with van der Waals surface area (Å²) in [4.78, 5) is 2.78. The van der Waals surface area contributed by atoms with Crippen molar-refractivity contribution in [1.29, 1.82) is 0 Å². The van der Waals surface area contributed by atoms with Gasteiger partial charge in [0.2, 0.25) is 0 Å². The highest BCUT2D eigenvalue weighted by Crippen LogP contribution is 2.36. The van der Waals surface area contributed by atoms with E-state index in [0.717, 1.165) is 5.92 Å². The number of nitrogens with zero attached hydrogens (tertiary/aromatic N) is 1. The highest BCUT2D eigenvalue weighted by atomic mass is 15.1. The van der Waals surface area contributed by atoms with Gasteiger partial charge in [-0.25, -0.2) is 0 Å². The Kier molecular flexibility index (Phi) is 4.25. The molecular formula is C16H30N2. The summed E-state index contributed by atoms with van der Waals surface area (Å²) >= 11 is 0. The molecular weight excluding hydrogens is 220 g/mol. The third-order valence-corrected chi connectivity index (χ3v) is 5.65. The summed E-state index contributed by atoms with van der Waals surface area (Å²) in [5, 5.41) is 3.58. The van der Waals surface area contributed by atoms with E-state index in [1.807, 2.05) is 0 Å². The van der Waals surface area contributed by atoms with Gasteiger partial charge < -0.3 is 10.2 Å². The van der Waals surface area contributed by atoms with Crippen LogP contribution >= 0.6 is 0 Å². The smallest absolute Gasteiger partial charge is 0.00506 e. The van der Waals surface area contributed by atoms with Gasteiger partial charge in [-0.3, -0.25) is 0 Å². The van der Waals surface area contributed by atoms with Crippen molar-refractivity contribution in [3.8, 4) is 0 Å². The lowest BCUT2D eigenvalue weighted by Crippen LogP contribution is -2.45. The van der Waals surface area contributed by atoms with Crippen LogP contribution in [0.5, 0.6) is 0 Å². The number of nitrogens with one attached hydrogen (secondary N) is 1. The van der Waals surface area contributed by atoms with Gasteiger partial charge in [0.05, 0.1) is 0 Å².